The second-order valence-electron chi connectivity index (χ2n) is 9.13. The summed E-state index contributed by atoms with van der Waals surface area (Å²) in [6, 6.07) is 6.19. The van der Waals surface area contributed by atoms with Crippen molar-refractivity contribution in [2.45, 2.75) is 36.8 Å². The standard InChI is InChI=1S/C21H19Cl2F3N4O2.C4H6O6/c1-30-18(15(22)9-28-30)14-8-17(32-19(14)23)20(31)29-16-10-27-7-6-13(16)11-2-4-12(5-3-11)21(24,25)26;5-1(3(7)8)2(6)4(9)10/h2-5,8-9,13,16,27H,6-7,10H2,1H3,(H,29,31);1-2,5-6H,(H,7,8)(H,9,10)/t13-,16+;1-,2-/m01/s1. The van der Waals surface area contributed by atoms with E-state index < -0.39 is 41.8 Å². The molecule has 3 heterocycles. The van der Waals surface area contributed by atoms with Gasteiger partial charge >= 0.3 is 18.1 Å². The molecule has 0 bridgehead atoms. The van der Waals surface area contributed by atoms with Gasteiger partial charge in [-0.25, -0.2) is 9.59 Å². The van der Waals surface area contributed by atoms with Crippen LogP contribution in [0.5, 0.6) is 0 Å². The molecule has 12 nitrogen and oxygen atoms in total. The first kappa shape index (κ1) is 32.9. The third kappa shape index (κ3) is 7.80. The van der Waals surface area contributed by atoms with Crippen molar-refractivity contribution in [3.8, 4) is 11.3 Å². The second kappa shape index (κ2) is 13.6. The Morgan fingerprint density at radius 1 is 1.12 bits per heavy atom. The SMILES string of the molecule is Cn1ncc(Cl)c1-c1cc(C(=O)N[C@@H]2CNCC[C@H]2c2ccc(C(F)(F)F)cc2)oc1Cl.O=C(O)[C@H](O)[C@@H](O)C(=O)O. The normalized spacial score (nSPS) is 18.4. The molecule has 1 amide bonds. The molecule has 3 aromatic rings. The largest absolute Gasteiger partial charge is 0.479 e. The summed E-state index contributed by atoms with van der Waals surface area (Å²) in [7, 11) is 1.69. The summed E-state index contributed by atoms with van der Waals surface area (Å²) >= 11 is 12.4. The van der Waals surface area contributed by atoms with E-state index in [1.807, 2.05) is 0 Å². The van der Waals surface area contributed by atoms with Gasteiger partial charge in [-0.2, -0.15) is 18.3 Å². The van der Waals surface area contributed by atoms with Gasteiger partial charge in [0.2, 0.25) is 5.22 Å². The van der Waals surface area contributed by atoms with Gasteiger partial charge in [-0.1, -0.05) is 23.7 Å². The van der Waals surface area contributed by atoms with Gasteiger partial charge < -0.3 is 35.5 Å². The average Bonchev–Trinajstić information content (AvgIpc) is 3.48. The first-order valence-corrected chi connectivity index (χ1v) is 12.8. The molecule has 0 unspecified atom stereocenters. The van der Waals surface area contributed by atoms with Crippen molar-refractivity contribution in [2.75, 3.05) is 13.1 Å². The molecule has 228 valence electrons. The minimum Gasteiger partial charge on any atom is -0.479 e. The van der Waals surface area contributed by atoms with Gasteiger partial charge in [0.15, 0.2) is 18.0 Å². The van der Waals surface area contributed by atoms with E-state index in [4.69, 9.17) is 48.0 Å². The fourth-order valence-corrected chi connectivity index (χ4v) is 4.69. The maximum atomic E-state index is 12.9. The average molecular weight is 637 g/mol. The van der Waals surface area contributed by atoms with Gasteiger partial charge in [0.25, 0.3) is 5.91 Å². The van der Waals surface area contributed by atoms with E-state index in [-0.39, 0.29) is 22.9 Å². The number of amides is 1. The van der Waals surface area contributed by atoms with Crippen LogP contribution in [0.25, 0.3) is 11.3 Å². The molecule has 6 N–H and O–H groups in total. The highest BCUT2D eigenvalue weighted by atomic mass is 35.5. The second-order valence-corrected chi connectivity index (χ2v) is 9.88. The molecule has 0 radical (unpaired) electrons. The first-order valence-electron chi connectivity index (χ1n) is 12.1. The number of hydrogen-bond acceptors (Lipinski definition) is 8. The Kier molecular flexibility index (Phi) is 10.6. The third-order valence-electron chi connectivity index (χ3n) is 6.33. The molecule has 1 aliphatic heterocycles. The van der Waals surface area contributed by atoms with Crippen molar-refractivity contribution in [3.63, 3.8) is 0 Å². The van der Waals surface area contributed by atoms with Crippen molar-refractivity contribution >= 4 is 41.0 Å². The number of nitrogens with one attached hydrogen (secondary N) is 2. The number of carboxylic acids is 2. The van der Waals surface area contributed by atoms with Crippen molar-refractivity contribution in [1.82, 2.24) is 20.4 Å². The topological polar surface area (TPSA) is 187 Å². The zero-order valence-corrected chi connectivity index (χ0v) is 23.1. The summed E-state index contributed by atoms with van der Waals surface area (Å²) in [5, 5.41) is 43.1. The molecule has 1 fully saturated rings. The van der Waals surface area contributed by atoms with Crippen molar-refractivity contribution < 1.29 is 52.4 Å². The van der Waals surface area contributed by atoms with Gasteiger partial charge in [0.05, 0.1) is 28.0 Å². The third-order valence-corrected chi connectivity index (χ3v) is 6.89. The number of carboxylic acid groups (broad SMARTS) is 2. The Morgan fingerprint density at radius 2 is 1.71 bits per heavy atom. The number of carbonyl (C=O) groups excluding carboxylic acids is 1. The quantitative estimate of drug-likeness (QED) is 0.225. The first-order chi connectivity index (χ1) is 19.6. The fourth-order valence-electron chi connectivity index (χ4n) is 4.19. The van der Waals surface area contributed by atoms with E-state index in [2.05, 4.69) is 15.7 Å². The molecular formula is C25H25Cl2F3N4O8. The Hall–Kier alpha value is -3.63. The number of aryl methyl sites for hydroxylation is 1. The lowest BCUT2D eigenvalue weighted by molar-refractivity contribution is -0.165. The van der Waals surface area contributed by atoms with Gasteiger partial charge in [0, 0.05) is 31.6 Å². The number of aliphatic carboxylic acids is 2. The number of carbonyl (C=O) groups is 3. The molecule has 4 atom stereocenters. The predicted octanol–water partition coefficient (Wildman–Crippen LogP) is 2.76. The van der Waals surface area contributed by atoms with Crippen LogP contribution in [0.3, 0.4) is 0 Å². The summed E-state index contributed by atoms with van der Waals surface area (Å²) in [5.74, 6) is -4.18. The number of rotatable bonds is 7. The Balaban J connectivity index is 0.000000416. The van der Waals surface area contributed by atoms with E-state index in [1.54, 1.807) is 7.05 Å². The number of alkyl halides is 3. The molecule has 2 aromatic heterocycles. The summed E-state index contributed by atoms with van der Waals surface area (Å²) in [6.45, 7) is 1.15. The monoisotopic (exact) mass is 636 g/mol. The fraction of sp³-hybridized carbons (Fsp3) is 0.360. The summed E-state index contributed by atoms with van der Waals surface area (Å²) in [4.78, 5) is 32.4. The number of aliphatic hydroxyl groups is 2. The van der Waals surface area contributed by atoms with E-state index in [1.165, 1.54) is 29.1 Å². The van der Waals surface area contributed by atoms with Crippen molar-refractivity contribution in [3.05, 3.63) is 63.7 Å². The van der Waals surface area contributed by atoms with Crippen LogP contribution in [-0.2, 0) is 22.8 Å². The lowest BCUT2D eigenvalue weighted by Gasteiger charge is -2.33. The van der Waals surface area contributed by atoms with Gasteiger partial charge in [-0.05, 0) is 42.3 Å². The van der Waals surface area contributed by atoms with Crippen molar-refractivity contribution in [2.24, 2.45) is 7.05 Å². The van der Waals surface area contributed by atoms with Gasteiger partial charge in [-0.15, -0.1) is 0 Å². The summed E-state index contributed by atoms with van der Waals surface area (Å²) in [6.07, 6.45) is -6.81. The minimum absolute atomic E-state index is 0.000917. The zero-order chi connectivity index (χ0) is 31.4. The Morgan fingerprint density at radius 3 is 2.21 bits per heavy atom. The van der Waals surface area contributed by atoms with Crippen LogP contribution >= 0.6 is 23.2 Å². The van der Waals surface area contributed by atoms with E-state index in [0.29, 0.717) is 35.8 Å². The van der Waals surface area contributed by atoms with Gasteiger partial charge in [-0.3, -0.25) is 9.48 Å². The molecule has 42 heavy (non-hydrogen) atoms. The lowest BCUT2D eigenvalue weighted by atomic mass is 9.85. The number of aliphatic hydroxyl groups excluding tert-OH is 2. The number of piperidine rings is 1. The number of halogens is 5. The highest BCUT2D eigenvalue weighted by molar-refractivity contribution is 6.35. The van der Waals surface area contributed by atoms with Crippen LogP contribution < -0.4 is 10.6 Å². The highest BCUT2D eigenvalue weighted by Gasteiger charge is 2.33. The zero-order valence-electron chi connectivity index (χ0n) is 21.6. The van der Waals surface area contributed by atoms with Crippen molar-refractivity contribution in [1.29, 1.82) is 0 Å². The molecule has 0 spiro atoms. The molecule has 1 aromatic carbocycles. The number of aromatic nitrogens is 2. The maximum Gasteiger partial charge on any atom is 0.416 e. The molecule has 17 heteroatoms. The van der Waals surface area contributed by atoms with Crippen LogP contribution in [0.4, 0.5) is 13.2 Å². The maximum absolute atomic E-state index is 12.9. The van der Waals surface area contributed by atoms with Crippen LogP contribution in [0, 0.1) is 0 Å². The molecule has 1 saturated heterocycles. The Labute approximate surface area is 245 Å². The van der Waals surface area contributed by atoms with Crippen LogP contribution in [0.15, 0.2) is 40.9 Å². The van der Waals surface area contributed by atoms with E-state index in [0.717, 1.165) is 17.7 Å². The summed E-state index contributed by atoms with van der Waals surface area (Å²) in [5.41, 5.74) is 0.969. The predicted molar refractivity (Wildman–Crippen MR) is 141 cm³/mol. The smallest absolute Gasteiger partial charge is 0.416 e. The molecule has 0 aliphatic carbocycles. The highest BCUT2D eigenvalue weighted by Crippen LogP contribution is 2.36. The molecule has 0 saturated carbocycles. The minimum atomic E-state index is -4.40. The van der Waals surface area contributed by atoms with Crippen LogP contribution in [0.1, 0.15) is 34.0 Å². The van der Waals surface area contributed by atoms with Gasteiger partial charge in [0.1, 0.15) is 0 Å². The van der Waals surface area contributed by atoms with E-state index >= 15 is 0 Å². The number of benzene rings is 1. The molecule has 1 aliphatic rings. The summed E-state index contributed by atoms with van der Waals surface area (Å²) < 4.78 is 45.6. The number of furan rings is 1. The molecular weight excluding hydrogens is 612 g/mol. The van der Waals surface area contributed by atoms with E-state index in [9.17, 15) is 27.6 Å². The molecule has 4 rings (SSSR count). The lowest BCUT2D eigenvalue weighted by Crippen LogP contribution is -2.50. The van der Waals surface area contributed by atoms with Crippen LogP contribution in [0.2, 0.25) is 10.2 Å². The Bertz CT molecular complexity index is 1390. The number of nitrogens with zero attached hydrogens (tertiary/aromatic N) is 2. The number of hydrogen-bond donors (Lipinski definition) is 6. The van der Waals surface area contributed by atoms with Crippen LogP contribution in [-0.4, -0.2) is 79.4 Å².